The molecule has 0 fully saturated rings. The molecule has 0 aliphatic rings. The van der Waals surface area contributed by atoms with Crippen LogP contribution in [0.2, 0.25) is 0 Å². The van der Waals surface area contributed by atoms with Gasteiger partial charge in [-0.1, -0.05) is 78.7 Å². The molecule has 18 heavy (non-hydrogen) atoms. The van der Waals surface area contributed by atoms with Crippen LogP contribution < -0.4 is 0 Å². The molecule has 0 bridgehead atoms. The summed E-state index contributed by atoms with van der Waals surface area (Å²) in [6, 6.07) is 17.3. The number of rotatable bonds is 3. The molecular weight excluding hydrogens is 216 g/mol. The minimum atomic E-state index is 0.449. The molecule has 2 rings (SSSR count). The van der Waals surface area contributed by atoms with Crippen LogP contribution in [0.4, 0.5) is 0 Å². The summed E-state index contributed by atoms with van der Waals surface area (Å²) in [6.07, 6.45) is 4.48. The van der Waals surface area contributed by atoms with E-state index in [0.717, 1.165) is 0 Å². The van der Waals surface area contributed by atoms with Crippen molar-refractivity contribution in [2.24, 2.45) is 0 Å². The lowest BCUT2D eigenvalue weighted by Crippen LogP contribution is -1.89. The summed E-state index contributed by atoms with van der Waals surface area (Å²) in [6.45, 7) is 6.50. The Morgan fingerprint density at radius 3 is 2.22 bits per heavy atom. The van der Waals surface area contributed by atoms with Crippen molar-refractivity contribution >= 4 is 6.08 Å². The molecule has 92 valence electrons. The fourth-order valence-electron chi connectivity index (χ4n) is 2.09. The molecule has 0 aliphatic carbocycles. The first-order valence-corrected chi connectivity index (χ1v) is 6.46. The van der Waals surface area contributed by atoms with Gasteiger partial charge in [-0.3, -0.25) is 0 Å². The van der Waals surface area contributed by atoms with Crippen molar-refractivity contribution in [2.75, 3.05) is 0 Å². The van der Waals surface area contributed by atoms with Gasteiger partial charge < -0.3 is 0 Å². The zero-order valence-electron chi connectivity index (χ0n) is 11.4. The lowest BCUT2D eigenvalue weighted by Gasteiger charge is -2.07. The zero-order valence-corrected chi connectivity index (χ0v) is 11.4. The monoisotopic (exact) mass is 236 g/mol. The van der Waals surface area contributed by atoms with Gasteiger partial charge in [0.25, 0.3) is 0 Å². The predicted molar refractivity (Wildman–Crippen MR) is 79.8 cm³/mol. The van der Waals surface area contributed by atoms with Crippen LogP contribution in [-0.4, -0.2) is 0 Å². The van der Waals surface area contributed by atoms with Gasteiger partial charge in [0.05, 0.1) is 0 Å². The zero-order chi connectivity index (χ0) is 13.0. The molecule has 0 N–H and O–H groups in total. The van der Waals surface area contributed by atoms with E-state index in [2.05, 4.69) is 81.5 Å². The maximum atomic E-state index is 2.27. The molecule has 0 aromatic heterocycles. The van der Waals surface area contributed by atoms with Gasteiger partial charge in [0.15, 0.2) is 0 Å². The van der Waals surface area contributed by atoms with Crippen molar-refractivity contribution in [3.63, 3.8) is 0 Å². The summed E-state index contributed by atoms with van der Waals surface area (Å²) in [5.74, 6) is 0.449. The van der Waals surface area contributed by atoms with Crippen LogP contribution in [0.3, 0.4) is 0 Å². The summed E-state index contributed by atoms with van der Waals surface area (Å²) in [5.41, 5.74) is 5.28. The van der Waals surface area contributed by atoms with Gasteiger partial charge in [-0.05, 0) is 30.9 Å². The van der Waals surface area contributed by atoms with E-state index in [-0.39, 0.29) is 0 Å². The Bertz CT molecular complexity index is 549. The molecule has 0 aliphatic heterocycles. The normalized spacial score (nSPS) is 12.8. The van der Waals surface area contributed by atoms with Crippen molar-refractivity contribution in [3.8, 4) is 0 Å². The molecule has 1 unspecified atom stereocenters. The van der Waals surface area contributed by atoms with Gasteiger partial charge >= 0.3 is 0 Å². The average Bonchev–Trinajstić information content (AvgIpc) is 2.36. The second kappa shape index (κ2) is 5.68. The average molecular weight is 236 g/mol. The molecule has 0 radical (unpaired) electrons. The van der Waals surface area contributed by atoms with E-state index in [4.69, 9.17) is 0 Å². The van der Waals surface area contributed by atoms with E-state index in [1.54, 1.807) is 0 Å². The highest BCUT2D eigenvalue weighted by atomic mass is 14.1. The van der Waals surface area contributed by atoms with Crippen LogP contribution in [0.1, 0.15) is 35.1 Å². The van der Waals surface area contributed by atoms with Crippen LogP contribution >= 0.6 is 0 Å². The SMILES string of the molecule is Cc1cccc(/C=C/C(C)c2cccc(C)c2)c1. The van der Waals surface area contributed by atoms with Crippen LogP contribution in [0.25, 0.3) is 6.08 Å². The molecule has 0 heteroatoms. The van der Waals surface area contributed by atoms with Crippen LogP contribution in [0.15, 0.2) is 54.6 Å². The number of aryl methyl sites for hydroxylation is 2. The molecular formula is C18H20. The van der Waals surface area contributed by atoms with E-state index in [0.29, 0.717) is 5.92 Å². The smallest absolute Gasteiger partial charge is 0.000701 e. The second-order valence-corrected chi connectivity index (χ2v) is 4.98. The third-order valence-corrected chi connectivity index (χ3v) is 3.19. The highest BCUT2D eigenvalue weighted by Gasteiger charge is 2.00. The fraction of sp³-hybridized carbons (Fsp3) is 0.222. The van der Waals surface area contributed by atoms with Gasteiger partial charge in [0.1, 0.15) is 0 Å². The Labute approximate surface area is 110 Å². The van der Waals surface area contributed by atoms with Crippen molar-refractivity contribution < 1.29 is 0 Å². The minimum absolute atomic E-state index is 0.449. The van der Waals surface area contributed by atoms with Crippen LogP contribution in [0.5, 0.6) is 0 Å². The quantitative estimate of drug-likeness (QED) is 0.693. The summed E-state index contributed by atoms with van der Waals surface area (Å²) < 4.78 is 0. The predicted octanol–water partition coefficient (Wildman–Crippen LogP) is 5.12. The van der Waals surface area contributed by atoms with E-state index < -0.39 is 0 Å². The first kappa shape index (κ1) is 12.6. The van der Waals surface area contributed by atoms with Crippen molar-refractivity contribution in [3.05, 3.63) is 76.9 Å². The Morgan fingerprint density at radius 1 is 0.889 bits per heavy atom. The molecule has 2 aromatic carbocycles. The maximum Gasteiger partial charge on any atom is -0.000701 e. The minimum Gasteiger partial charge on any atom is -0.0767 e. The van der Waals surface area contributed by atoms with Crippen LogP contribution in [-0.2, 0) is 0 Å². The molecule has 0 saturated heterocycles. The Kier molecular flexibility index (Phi) is 3.99. The van der Waals surface area contributed by atoms with Gasteiger partial charge in [-0.2, -0.15) is 0 Å². The van der Waals surface area contributed by atoms with E-state index in [1.807, 2.05) is 0 Å². The van der Waals surface area contributed by atoms with Crippen LogP contribution in [0, 0.1) is 13.8 Å². The van der Waals surface area contributed by atoms with Gasteiger partial charge in [-0.15, -0.1) is 0 Å². The van der Waals surface area contributed by atoms with Gasteiger partial charge in [0, 0.05) is 0 Å². The van der Waals surface area contributed by atoms with E-state index >= 15 is 0 Å². The first-order chi connectivity index (χ1) is 8.65. The fourth-order valence-corrected chi connectivity index (χ4v) is 2.09. The summed E-state index contributed by atoms with van der Waals surface area (Å²) in [7, 11) is 0. The molecule has 2 aromatic rings. The van der Waals surface area contributed by atoms with E-state index in [9.17, 15) is 0 Å². The third-order valence-electron chi connectivity index (χ3n) is 3.19. The largest absolute Gasteiger partial charge is 0.0767 e. The lowest BCUT2D eigenvalue weighted by molar-refractivity contribution is 0.970. The van der Waals surface area contributed by atoms with Gasteiger partial charge in [-0.25, -0.2) is 0 Å². The molecule has 0 nitrogen and oxygen atoms in total. The number of allylic oxidation sites excluding steroid dienone is 1. The number of hydrogen-bond acceptors (Lipinski definition) is 0. The summed E-state index contributed by atoms with van der Waals surface area (Å²) >= 11 is 0. The molecule has 0 spiro atoms. The molecule has 0 amide bonds. The Balaban J connectivity index is 2.14. The van der Waals surface area contributed by atoms with Crippen molar-refractivity contribution in [1.29, 1.82) is 0 Å². The highest BCUT2D eigenvalue weighted by molar-refractivity contribution is 5.51. The van der Waals surface area contributed by atoms with Crippen molar-refractivity contribution in [1.82, 2.24) is 0 Å². The topological polar surface area (TPSA) is 0 Å². The van der Waals surface area contributed by atoms with E-state index in [1.165, 1.54) is 22.3 Å². The first-order valence-electron chi connectivity index (χ1n) is 6.46. The summed E-state index contributed by atoms with van der Waals surface area (Å²) in [5, 5.41) is 0. The Hall–Kier alpha value is -1.82. The number of benzene rings is 2. The summed E-state index contributed by atoms with van der Waals surface area (Å²) in [4.78, 5) is 0. The highest BCUT2D eigenvalue weighted by Crippen LogP contribution is 2.19. The molecule has 1 atom stereocenters. The van der Waals surface area contributed by atoms with Gasteiger partial charge in [0.2, 0.25) is 0 Å². The lowest BCUT2D eigenvalue weighted by atomic mass is 9.98. The molecule has 0 saturated carbocycles. The number of hydrogen-bond donors (Lipinski definition) is 0. The maximum absolute atomic E-state index is 2.27. The standard InChI is InChI=1S/C18H20/c1-14-6-4-8-17(12-14)11-10-16(3)18-9-5-7-15(2)13-18/h4-13,16H,1-3H3/b11-10+. The Morgan fingerprint density at radius 2 is 1.56 bits per heavy atom. The second-order valence-electron chi connectivity index (χ2n) is 4.98. The van der Waals surface area contributed by atoms with Crippen molar-refractivity contribution in [2.45, 2.75) is 26.7 Å². The third kappa shape index (κ3) is 3.33. The molecule has 0 heterocycles.